The number of nitrogens with zero attached hydrogens (tertiary/aromatic N) is 1. The van der Waals surface area contributed by atoms with Crippen LogP contribution in [-0.4, -0.2) is 49.2 Å². The predicted molar refractivity (Wildman–Crippen MR) is 80.1 cm³/mol. The zero-order valence-corrected chi connectivity index (χ0v) is 13.0. The van der Waals surface area contributed by atoms with Crippen molar-refractivity contribution >= 4 is 11.9 Å². The Morgan fingerprint density at radius 2 is 2.23 bits per heavy atom. The molecule has 2 rings (SSSR count). The molecule has 0 aromatic heterocycles. The zero-order chi connectivity index (χ0) is 16.3. The Kier molecular flexibility index (Phi) is 4.90. The molecule has 2 atom stereocenters. The van der Waals surface area contributed by atoms with E-state index in [2.05, 4.69) is 0 Å². The minimum atomic E-state index is -0.906. The van der Waals surface area contributed by atoms with E-state index in [0.29, 0.717) is 13.0 Å². The number of carboxylic acid groups (broad SMARTS) is 1. The third-order valence-electron chi connectivity index (χ3n) is 3.88. The van der Waals surface area contributed by atoms with Crippen LogP contribution in [0.5, 0.6) is 11.5 Å². The first-order valence-corrected chi connectivity index (χ1v) is 7.20. The summed E-state index contributed by atoms with van der Waals surface area (Å²) in [7, 11) is 3.22. The van der Waals surface area contributed by atoms with Crippen molar-refractivity contribution in [3.63, 3.8) is 0 Å². The second-order valence-electron chi connectivity index (χ2n) is 5.64. The highest BCUT2D eigenvalue weighted by Gasteiger charge is 2.29. The van der Waals surface area contributed by atoms with Crippen LogP contribution < -0.4 is 9.47 Å². The Bertz CT molecular complexity index is 572. The molecular weight excluding hydrogens is 286 g/mol. The standard InChI is InChI=1S/C16H21NO5/c1-10(16(19)20)8-17(2)15(18)12-6-11-4-5-13(21-3)7-14(11)22-9-12/h4-5,7,10,12H,6,8-9H2,1-3H3,(H,19,20)/t10-,12+/m1/s1. The number of carbonyl (C=O) groups is 2. The summed E-state index contributed by atoms with van der Waals surface area (Å²) in [5.74, 6) is -0.408. The van der Waals surface area contributed by atoms with Crippen molar-refractivity contribution in [1.82, 2.24) is 4.90 Å². The minimum Gasteiger partial charge on any atom is -0.497 e. The van der Waals surface area contributed by atoms with Crippen LogP contribution in [0.2, 0.25) is 0 Å². The molecule has 1 aliphatic heterocycles. The summed E-state index contributed by atoms with van der Waals surface area (Å²) < 4.78 is 10.8. The number of rotatable bonds is 5. The molecule has 1 aromatic rings. The van der Waals surface area contributed by atoms with E-state index in [9.17, 15) is 9.59 Å². The lowest BCUT2D eigenvalue weighted by Crippen LogP contribution is -2.41. The van der Waals surface area contributed by atoms with Crippen LogP contribution in [0.3, 0.4) is 0 Å². The lowest BCUT2D eigenvalue weighted by molar-refractivity contribution is -0.143. The van der Waals surface area contributed by atoms with E-state index >= 15 is 0 Å². The molecule has 0 radical (unpaired) electrons. The molecule has 22 heavy (non-hydrogen) atoms. The average Bonchev–Trinajstić information content (AvgIpc) is 2.52. The van der Waals surface area contributed by atoms with E-state index < -0.39 is 11.9 Å². The SMILES string of the molecule is COc1ccc2c(c1)OC[C@@H](C(=O)N(C)C[C@@H](C)C(=O)O)C2. The van der Waals surface area contributed by atoms with Gasteiger partial charge in [-0.1, -0.05) is 13.0 Å². The van der Waals surface area contributed by atoms with E-state index in [1.54, 1.807) is 21.1 Å². The Morgan fingerprint density at radius 1 is 1.50 bits per heavy atom. The summed E-state index contributed by atoms with van der Waals surface area (Å²) >= 11 is 0. The lowest BCUT2D eigenvalue weighted by Gasteiger charge is -2.29. The molecule has 0 saturated carbocycles. The fourth-order valence-corrected chi connectivity index (χ4v) is 2.53. The average molecular weight is 307 g/mol. The molecule has 0 fully saturated rings. The number of benzene rings is 1. The first kappa shape index (κ1) is 16.1. The number of carbonyl (C=O) groups excluding carboxylic acids is 1. The highest BCUT2D eigenvalue weighted by molar-refractivity contribution is 5.80. The first-order chi connectivity index (χ1) is 10.4. The van der Waals surface area contributed by atoms with Gasteiger partial charge in [0.25, 0.3) is 0 Å². The summed E-state index contributed by atoms with van der Waals surface area (Å²) in [6, 6.07) is 5.55. The highest BCUT2D eigenvalue weighted by Crippen LogP contribution is 2.31. The molecule has 1 N–H and O–H groups in total. The van der Waals surface area contributed by atoms with Gasteiger partial charge in [0.2, 0.25) is 5.91 Å². The molecule has 1 amide bonds. The third kappa shape index (κ3) is 3.50. The summed E-state index contributed by atoms with van der Waals surface area (Å²) in [6.45, 7) is 2.08. The van der Waals surface area contributed by atoms with Crippen LogP contribution >= 0.6 is 0 Å². The van der Waals surface area contributed by atoms with Crippen molar-refractivity contribution < 1.29 is 24.2 Å². The van der Waals surface area contributed by atoms with Gasteiger partial charge in [0.1, 0.15) is 18.1 Å². The normalized spacial score (nSPS) is 17.9. The lowest BCUT2D eigenvalue weighted by atomic mass is 9.95. The maximum atomic E-state index is 12.4. The van der Waals surface area contributed by atoms with Crippen LogP contribution in [0.1, 0.15) is 12.5 Å². The smallest absolute Gasteiger partial charge is 0.308 e. The number of aliphatic carboxylic acids is 1. The van der Waals surface area contributed by atoms with E-state index in [-0.39, 0.29) is 18.4 Å². The van der Waals surface area contributed by atoms with Crippen molar-refractivity contribution in [2.24, 2.45) is 11.8 Å². The predicted octanol–water partition coefficient (Wildman–Crippen LogP) is 1.43. The topological polar surface area (TPSA) is 76.1 Å². The Balaban J connectivity index is 2.02. The molecule has 120 valence electrons. The molecule has 1 aliphatic rings. The van der Waals surface area contributed by atoms with Gasteiger partial charge < -0.3 is 19.5 Å². The van der Waals surface area contributed by atoms with E-state index in [1.807, 2.05) is 18.2 Å². The number of carboxylic acids is 1. The zero-order valence-electron chi connectivity index (χ0n) is 13.0. The Hall–Kier alpha value is -2.24. The quantitative estimate of drug-likeness (QED) is 0.890. The monoisotopic (exact) mass is 307 g/mol. The van der Waals surface area contributed by atoms with Gasteiger partial charge in [-0.25, -0.2) is 0 Å². The van der Waals surface area contributed by atoms with Gasteiger partial charge >= 0.3 is 5.97 Å². The maximum Gasteiger partial charge on any atom is 0.308 e. The summed E-state index contributed by atoms with van der Waals surface area (Å²) in [5.41, 5.74) is 0.963. The van der Waals surface area contributed by atoms with Gasteiger partial charge in [-0.3, -0.25) is 9.59 Å². The fourth-order valence-electron chi connectivity index (χ4n) is 2.53. The molecule has 0 spiro atoms. The molecule has 0 unspecified atom stereocenters. The number of methoxy groups -OCH3 is 1. The van der Waals surface area contributed by atoms with E-state index in [4.69, 9.17) is 14.6 Å². The highest BCUT2D eigenvalue weighted by atomic mass is 16.5. The largest absolute Gasteiger partial charge is 0.497 e. The van der Waals surface area contributed by atoms with Crippen molar-refractivity contribution in [2.75, 3.05) is 27.3 Å². The Labute approximate surface area is 129 Å². The van der Waals surface area contributed by atoms with Crippen molar-refractivity contribution in [1.29, 1.82) is 0 Å². The number of hydrogen-bond donors (Lipinski definition) is 1. The van der Waals surface area contributed by atoms with Gasteiger partial charge in [-0.2, -0.15) is 0 Å². The van der Waals surface area contributed by atoms with Crippen molar-refractivity contribution in [2.45, 2.75) is 13.3 Å². The molecule has 1 heterocycles. The van der Waals surface area contributed by atoms with Crippen LogP contribution in [0.25, 0.3) is 0 Å². The van der Waals surface area contributed by atoms with Crippen LogP contribution in [0, 0.1) is 11.8 Å². The van der Waals surface area contributed by atoms with Gasteiger partial charge in [0, 0.05) is 19.7 Å². The van der Waals surface area contributed by atoms with Crippen molar-refractivity contribution in [3.05, 3.63) is 23.8 Å². The Morgan fingerprint density at radius 3 is 2.86 bits per heavy atom. The third-order valence-corrected chi connectivity index (χ3v) is 3.88. The van der Waals surface area contributed by atoms with Gasteiger partial charge in [-0.05, 0) is 18.1 Å². The molecule has 0 saturated heterocycles. The van der Waals surface area contributed by atoms with E-state index in [1.165, 1.54) is 4.90 Å². The first-order valence-electron chi connectivity index (χ1n) is 7.20. The number of ether oxygens (including phenoxy) is 2. The van der Waals surface area contributed by atoms with Crippen LogP contribution in [0.4, 0.5) is 0 Å². The van der Waals surface area contributed by atoms with E-state index in [0.717, 1.165) is 17.1 Å². The fraction of sp³-hybridized carbons (Fsp3) is 0.500. The molecule has 0 aliphatic carbocycles. The second kappa shape index (κ2) is 6.68. The number of amides is 1. The van der Waals surface area contributed by atoms with Gasteiger partial charge in [0.15, 0.2) is 0 Å². The summed E-state index contributed by atoms with van der Waals surface area (Å²) in [5, 5.41) is 8.93. The molecular formula is C16H21NO5. The number of hydrogen-bond acceptors (Lipinski definition) is 4. The minimum absolute atomic E-state index is 0.0884. The second-order valence-corrected chi connectivity index (χ2v) is 5.64. The maximum absolute atomic E-state index is 12.4. The van der Waals surface area contributed by atoms with Gasteiger partial charge in [-0.15, -0.1) is 0 Å². The summed E-state index contributed by atoms with van der Waals surface area (Å²) in [6.07, 6.45) is 0.587. The van der Waals surface area contributed by atoms with Crippen LogP contribution in [-0.2, 0) is 16.0 Å². The van der Waals surface area contributed by atoms with Crippen molar-refractivity contribution in [3.8, 4) is 11.5 Å². The molecule has 6 nitrogen and oxygen atoms in total. The molecule has 0 bridgehead atoms. The molecule has 1 aromatic carbocycles. The number of fused-ring (bicyclic) bond motifs is 1. The van der Waals surface area contributed by atoms with Gasteiger partial charge in [0.05, 0.1) is 18.9 Å². The van der Waals surface area contributed by atoms with Crippen LogP contribution in [0.15, 0.2) is 18.2 Å². The molecule has 6 heteroatoms. The summed E-state index contributed by atoms with van der Waals surface area (Å²) in [4.78, 5) is 24.8.